The van der Waals surface area contributed by atoms with Crippen LogP contribution in [0.5, 0.6) is 5.75 Å². The van der Waals surface area contributed by atoms with Gasteiger partial charge in [-0.2, -0.15) is 0 Å². The van der Waals surface area contributed by atoms with Gasteiger partial charge in [0, 0.05) is 31.2 Å². The van der Waals surface area contributed by atoms with Crippen LogP contribution in [-0.4, -0.2) is 29.0 Å². The molecule has 0 aliphatic carbocycles. The Morgan fingerprint density at radius 1 is 1.35 bits per heavy atom. The van der Waals surface area contributed by atoms with E-state index in [2.05, 4.69) is 22.4 Å². The molecule has 0 spiro atoms. The van der Waals surface area contributed by atoms with Crippen LogP contribution in [0.25, 0.3) is 0 Å². The Bertz CT molecular complexity index is 524. The van der Waals surface area contributed by atoms with Crippen LogP contribution in [-0.2, 0) is 7.05 Å². The van der Waals surface area contributed by atoms with Crippen molar-refractivity contribution in [3.63, 3.8) is 0 Å². The van der Waals surface area contributed by atoms with E-state index in [1.165, 1.54) is 5.56 Å². The third-order valence-corrected chi connectivity index (χ3v) is 4.25. The summed E-state index contributed by atoms with van der Waals surface area (Å²) in [7, 11) is 4.00. The normalized spacial score (nSPS) is 12.3. The molecule has 1 N–H and O–H groups in total. The fraction of sp³-hybridized carbons (Fsp3) is 0.400. The summed E-state index contributed by atoms with van der Waals surface area (Å²) in [6, 6.07) is 8.58. The first-order valence-corrected chi connectivity index (χ1v) is 7.73. The van der Waals surface area contributed by atoms with Crippen molar-refractivity contribution in [3.05, 3.63) is 42.2 Å². The minimum atomic E-state index is 0.298. The third kappa shape index (κ3) is 3.77. The number of aromatic nitrogens is 2. The highest BCUT2D eigenvalue weighted by Crippen LogP contribution is 2.24. The molecule has 0 aliphatic heterocycles. The van der Waals surface area contributed by atoms with Gasteiger partial charge in [-0.05, 0) is 31.7 Å². The summed E-state index contributed by atoms with van der Waals surface area (Å²) in [4.78, 5) is 4.33. The summed E-state index contributed by atoms with van der Waals surface area (Å²) in [5.41, 5.74) is 1.26. The van der Waals surface area contributed by atoms with Gasteiger partial charge in [-0.1, -0.05) is 23.9 Å². The van der Waals surface area contributed by atoms with Crippen LogP contribution < -0.4 is 10.1 Å². The monoisotopic (exact) mass is 291 g/mol. The van der Waals surface area contributed by atoms with Crippen LogP contribution in [0.1, 0.15) is 18.5 Å². The Morgan fingerprint density at radius 2 is 2.10 bits per heavy atom. The van der Waals surface area contributed by atoms with Crippen molar-refractivity contribution in [3.8, 4) is 5.75 Å². The molecule has 0 saturated carbocycles. The van der Waals surface area contributed by atoms with Crippen LogP contribution in [0, 0.1) is 0 Å². The molecule has 1 unspecified atom stereocenters. The smallest absolute Gasteiger partial charge is 0.167 e. The van der Waals surface area contributed by atoms with Crippen molar-refractivity contribution in [2.45, 2.75) is 18.1 Å². The molecule has 20 heavy (non-hydrogen) atoms. The first-order valence-electron chi connectivity index (χ1n) is 6.74. The summed E-state index contributed by atoms with van der Waals surface area (Å²) >= 11 is 1.75. The van der Waals surface area contributed by atoms with E-state index in [9.17, 15) is 0 Å². The molecule has 0 fully saturated rings. The van der Waals surface area contributed by atoms with Crippen molar-refractivity contribution in [1.82, 2.24) is 14.9 Å². The van der Waals surface area contributed by atoms with Crippen molar-refractivity contribution in [1.29, 1.82) is 0 Å². The summed E-state index contributed by atoms with van der Waals surface area (Å²) in [5, 5.41) is 4.39. The number of ether oxygens (including phenoxy) is 1. The molecule has 1 aromatic heterocycles. The van der Waals surface area contributed by atoms with E-state index in [-0.39, 0.29) is 0 Å². The molecule has 0 radical (unpaired) electrons. The van der Waals surface area contributed by atoms with Crippen molar-refractivity contribution in [2.24, 2.45) is 7.05 Å². The van der Waals surface area contributed by atoms with E-state index in [4.69, 9.17) is 4.74 Å². The molecular formula is C15H21N3OS. The molecule has 4 nitrogen and oxygen atoms in total. The maximum absolute atomic E-state index is 5.47. The first kappa shape index (κ1) is 14.9. The average Bonchev–Trinajstić information content (AvgIpc) is 2.87. The lowest BCUT2D eigenvalue weighted by atomic mass is 10.1. The standard InChI is InChI=1S/C15H21N3OS/c1-4-19-13-7-5-12(6-8-13)14(16-2)11-20-15-17-9-10-18(15)3/h5-10,14,16H,4,11H2,1-3H3. The highest BCUT2D eigenvalue weighted by atomic mass is 32.2. The van der Waals surface area contributed by atoms with Gasteiger partial charge < -0.3 is 14.6 Å². The molecule has 2 rings (SSSR count). The number of hydrogen-bond acceptors (Lipinski definition) is 4. The molecular weight excluding hydrogens is 270 g/mol. The molecule has 2 aromatic rings. The number of thioether (sulfide) groups is 1. The van der Waals surface area contributed by atoms with Crippen LogP contribution in [0.15, 0.2) is 41.8 Å². The Morgan fingerprint density at radius 3 is 2.65 bits per heavy atom. The average molecular weight is 291 g/mol. The minimum Gasteiger partial charge on any atom is -0.494 e. The number of aryl methyl sites for hydroxylation is 1. The van der Waals surface area contributed by atoms with Crippen LogP contribution in [0.3, 0.4) is 0 Å². The van der Waals surface area contributed by atoms with Crippen LogP contribution in [0.4, 0.5) is 0 Å². The fourth-order valence-electron chi connectivity index (χ4n) is 1.96. The highest BCUT2D eigenvalue weighted by Gasteiger charge is 2.11. The second-order valence-electron chi connectivity index (χ2n) is 4.48. The molecule has 1 heterocycles. The summed E-state index contributed by atoms with van der Waals surface area (Å²) < 4.78 is 7.51. The Hall–Kier alpha value is -1.46. The van der Waals surface area contributed by atoms with Gasteiger partial charge in [0.25, 0.3) is 0 Å². The van der Waals surface area contributed by atoms with E-state index in [1.807, 2.05) is 50.1 Å². The van der Waals surface area contributed by atoms with Gasteiger partial charge in [0.2, 0.25) is 0 Å². The van der Waals surface area contributed by atoms with Gasteiger partial charge in [0.05, 0.1) is 6.61 Å². The van der Waals surface area contributed by atoms with Crippen molar-refractivity contribution in [2.75, 3.05) is 19.4 Å². The van der Waals surface area contributed by atoms with Crippen LogP contribution in [0.2, 0.25) is 0 Å². The molecule has 5 heteroatoms. The zero-order valence-corrected chi connectivity index (χ0v) is 13.0. The molecule has 0 amide bonds. The fourth-order valence-corrected chi connectivity index (χ4v) is 3.03. The quantitative estimate of drug-likeness (QED) is 0.796. The van der Waals surface area contributed by atoms with Crippen molar-refractivity contribution >= 4 is 11.8 Å². The van der Waals surface area contributed by atoms with E-state index in [0.29, 0.717) is 12.6 Å². The zero-order valence-electron chi connectivity index (χ0n) is 12.2. The first-order chi connectivity index (χ1) is 9.74. The number of nitrogens with one attached hydrogen (secondary N) is 1. The molecule has 0 bridgehead atoms. The van der Waals surface area contributed by atoms with Gasteiger partial charge >= 0.3 is 0 Å². The second-order valence-corrected chi connectivity index (χ2v) is 5.46. The Labute approximate surface area is 124 Å². The molecule has 108 valence electrons. The van der Waals surface area contributed by atoms with Gasteiger partial charge in [-0.25, -0.2) is 4.98 Å². The van der Waals surface area contributed by atoms with Gasteiger partial charge in [0.15, 0.2) is 5.16 Å². The maximum Gasteiger partial charge on any atom is 0.167 e. The van der Waals surface area contributed by atoms with E-state index >= 15 is 0 Å². The lowest BCUT2D eigenvalue weighted by Crippen LogP contribution is -2.18. The summed E-state index contributed by atoms with van der Waals surface area (Å²) in [6.07, 6.45) is 3.79. The minimum absolute atomic E-state index is 0.298. The summed E-state index contributed by atoms with van der Waals surface area (Å²) in [6.45, 7) is 2.69. The SMILES string of the molecule is CCOc1ccc(C(CSc2nccn2C)NC)cc1. The number of hydrogen-bond donors (Lipinski definition) is 1. The predicted octanol–water partition coefficient (Wildman–Crippen LogP) is 2.87. The highest BCUT2D eigenvalue weighted by molar-refractivity contribution is 7.99. The van der Waals surface area contributed by atoms with E-state index in [1.54, 1.807) is 11.8 Å². The van der Waals surface area contributed by atoms with E-state index in [0.717, 1.165) is 16.7 Å². The lowest BCUT2D eigenvalue weighted by molar-refractivity contribution is 0.340. The number of rotatable bonds is 7. The number of nitrogens with zero attached hydrogens (tertiary/aromatic N) is 2. The van der Waals surface area contributed by atoms with E-state index < -0.39 is 0 Å². The zero-order chi connectivity index (χ0) is 14.4. The number of benzene rings is 1. The predicted molar refractivity (Wildman–Crippen MR) is 83.3 cm³/mol. The molecule has 1 aromatic carbocycles. The molecule has 0 aliphatic rings. The Balaban J connectivity index is 1.98. The van der Waals surface area contributed by atoms with Gasteiger partial charge in [-0.15, -0.1) is 0 Å². The Kier molecular flexibility index (Phi) is 5.49. The second kappa shape index (κ2) is 7.36. The van der Waals surface area contributed by atoms with Gasteiger partial charge in [0.1, 0.15) is 5.75 Å². The van der Waals surface area contributed by atoms with Crippen molar-refractivity contribution < 1.29 is 4.74 Å². The third-order valence-electron chi connectivity index (χ3n) is 3.10. The van der Waals surface area contributed by atoms with Gasteiger partial charge in [-0.3, -0.25) is 0 Å². The molecule has 0 saturated heterocycles. The number of imidazole rings is 1. The topological polar surface area (TPSA) is 39.1 Å². The largest absolute Gasteiger partial charge is 0.494 e. The summed E-state index contributed by atoms with van der Waals surface area (Å²) in [5.74, 6) is 1.86. The lowest BCUT2D eigenvalue weighted by Gasteiger charge is -2.16. The maximum atomic E-state index is 5.47. The molecule has 1 atom stereocenters. The van der Waals surface area contributed by atoms with Crippen LogP contribution >= 0.6 is 11.8 Å².